The van der Waals surface area contributed by atoms with Crippen LogP contribution in [0.5, 0.6) is 5.75 Å². The van der Waals surface area contributed by atoms with Crippen LogP contribution in [-0.4, -0.2) is 18.1 Å². The minimum atomic E-state index is -0.167. The van der Waals surface area contributed by atoms with E-state index in [4.69, 9.17) is 16.2 Å². The molecule has 94 valence electrons. The summed E-state index contributed by atoms with van der Waals surface area (Å²) < 4.78 is 5.73. The molecule has 0 fully saturated rings. The minimum absolute atomic E-state index is 0.137. The Kier molecular flexibility index (Phi) is 4.37. The van der Waals surface area contributed by atoms with Gasteiger partial charge in [0.05, 0.1) is 0 Å². The molecule has 0 radical (unpaired) electrons. The zero-order valence-electron chi connectivity index (χ0n) is 10.7. The molecule has 1 aromatic carbocycles. The summed E-state index contributed by atoms with van der Waals surface area (Å²) in [5.41, 5.74) is 11.5. The third-order valence-corrected chi connectivity index (χ3v) is 2.04. The monoisotopic (exact) mass is 235 g/mol. The molecule has 0 unspecified atom stereocenters. The second kappa shape index (κ2) is 5.57. The van der Waals surface area contributed by atoms with Gasteiger partial charge in [-0.25, -0.2) is 0 Å². The number of rotatable bonds is 4. The lowest BCUT2D eigenvalue weighted by molar-refractivity contribution is 0.131. The molecular weight excluding hydrogens is 214 g/mol. The van der Waals surface area contributed by atoms with Gasteiger partial charge in [-0.05, 0) is 44.9 Å². The standard InChI is InChI=1S/C13H21N3O/c1-13(2,3)17-11-6-4-10(5-7-11)8-9-16-12(14)15/h4-7H,8-9H2,1-3H3,(H4,14,15,16). The quantitative estimate of drug-likeness (QED) is 0.616. The normalized spacial score (nSPS) is 11.0. The van der Waals surface area contributed by atoms with Gasteiger partial charge in [-0.3, -0.25) is 4.99 Å². The van der Waals surface area contributed by atoms with Gasteiger partial charge in [-0.15, -0.1) is 0 Å². The van der Waals surface area contributed by atoms with E-state index >= 15 is 0 Å². The van der Waals surface area contributed by atoms with Crippen LogP contribution in [0.2, 0.25) is 0 Å². The van der Waals surface area contributed by atoms with Crippen molar-refractivity contribution in [1.29, 1.82) is 0 Å². The Balaban J connectivity index is 2.53. The molecule has 0 heterocycles. The summed E-state index contributed by atoms with van der Waals surface area (Å²) in [4.78, 5) is 3.94. The second-order valence-electron chi connectivity index (χ2n) is 4.91. The highest BCUT2D eigenvalue weighted by Gasteiger charge is 2.11. The molecule has 0 aromatic heterocycles. The first-order chi connectivity index (χ1) is 7.87. The van der Waals surface area contributed by atoms with Crippen LogP contribution in [0.4, 0.5) is 0 Å². The zero-order chi connectivity index (χ0) is 12.9. The molecule has 17 heavy (non-hydrogen) atoms. The summed E-state index contributed by atoms with van der Waals surface area (Å²) in [6.45, 7) is 6.70. The average Bonchev–Trinajstić information content (AvgIpc) is 2.18. The Labute approximate surface area is 103 Å². The number of nitrogens with two attached hydrogens (primary N) is 2. The third kappa shape index (κ3) is 5.80. The molecule has 1 rings (SSSR count). The molecular formula is C13H21N3O. The van der Waals surface area contributed by atoms with Crippen LogP contribution in [0, 0.1) is 0 Å². The van der Waals surface area contributed by atoms with Crippen LogP contribution in [0.25, 0.3) is 0 Å². The predicted octanol–water partition coefficient (Wildman–Crippen LogP) is 1.68. The van der Waals surface area contributed by atoms with Crippen LogP contribution >= 0.6 is 0 Å². The Bertz CT molecular complexity index is 373. The summed E-state index contributed by atoms with van der Waals surface area (Å²) in [5.74, 6) is 1.01. The number of ether oxygens (including phenoxy) is 1. The Hall–Kier alpha value is -1.71. The molecule has 0 bridgehead atoms. The van der Waals surface area contributed by atoms with E-state index in [1.54, 1.807) is 0 Å². The van der Waals surface area contributed by atoms with E-state index in [1.165, 1.54) is 5.56 Å². The van der Waals surface area contributed by atoms with Crippen molar-refractivity contribution in [3.63, 3.8) is 0 Å². The third-order valence-electron chi connectivity index (χ3n) is 2.04. The van der Waals surface area contributed by atoms with Crippen molar-refractivity contribution >= 4 is 5.96 Å². The van der Waals surface area contributed by atoms with Crippen molar-refractivity contribution in [2.45, 2.75) is 32.8 Å². The fraction of sp³-hybridized carbons (Fsp3) is 0.462. The smallest absolute Gasteiger partial charge is 0.185 e. The van der Waals surface area contributed by atoms with E-state index in [0.717, 1.165) is 12.2 Å². The molecule has 0 amide bonds. The van der Waals surface area contributed by atoms with Crippen LogP contribution in [0.15, 0.2) is 29.3 Å². The lowest BCUT2D eigenvalue weighted by Gasteiger charge is -2.21. The van der Waals surface area contributed by atoms with Crippen LogP contribution in [0.1, 0.15) is 26.3 Å². The van der Waals surface area contributed by atoms with E-state index in [-0.39, 0.29) is 11.6 Å². The Morgan fingerprint density at radius 1 is 1.18 bits per heavy atom. The average molecular weight is 235 g/mol. The van der Waals surface area contributed by atoms with Gasteiger partial charge in [0.25, 0.3) is 0 Å². The molecule has 4 N–H and O–H groups in total. The number of nitrogens with zero attached hydrogens (tertiary/aromatic N) is 1. The summed E-state index contributed by atoms with van der Waals surface area (Å²) >= 11 is 0. The van der Waals surface area contributed by atoms with Gasteiger partial charge in [0.2, 0.25) is 0 Å². The highest BCUT2D eigenvalue weighted by Crippen LogP contribution is 2.18. The second-order valence-corrected chi connectivity index (χ2v) is 4.91. The molecule has 0 saturated heterocycles. The van der Waals surface area contributed by atoms with Crippen molar-refractivity contribution in [1.82, 2.24) is 0 Å². The van der Waals surface area contributed by atoms with Gasteiger partial charge in [0.15, 0.2) is 5.96 Å². The maximum atomic E-state index is 5.73. The summed E-state index contributed by atoms with van der Waals surface area (Å²) in [6.07, 6.45) is 0.827. The molecule has 1 aromatic rings. The van der Waals surface area contributed by atoms with E-state index in [2.05, 4.69) is 4.99 Å². The fourth-order valence-corrected chi connectivity index (χ4v) is 1.39. The maximum absolute atomic E-state index is 5.73. The van der Waals surface area contributed by atoms with Gasteiger partial charge < -0.3 is 16.2 Å². The molecule has 4 heteroatoms. The first-order valence-electron chi connectivity index (χ1n) is 5.70. The largest absolute Gasteiger partial charge is 0.488 e. The number of hydrogen-bond acceptors (Lipinski definition) is 2. The number of hydrogen-bond donors (Lipinski definition) is 2. The highest BCUT2D eigenvalue weighted by molar-refractivity contribution is 5.75. The van der Waals surface area contributed by atoms with E-state index in [0.29, 0.717) is 6.54 Å². The van der Waals surface area contributed by atoms with E-state index < -0.39 is 0 Å². The summed E-state index contributed by atoms with van der Waals surface area (Å²) in [5, 5.41) is 0. The molecule has 0 saturated carbocycles. The molecule has 0 aliphatic rings. The number of aliphatic imine (C=N–C) groups is 1. The van der Waals surface area contributed by atoms with Crippen molar-refractivity contribution < 1.29 is 4.74 Å². The van der Waals surface area contributed by atoms with Gasteiger partial charge in [0, 0.05) is 6.54 Å². The highest BCUT2D eigenvalue weighted by atomic mass is 16.5. The van der Waals surface area contributed by atoms with Crippen molar-refractivity contribution in [2.24, 2.45) is 16.5 Å². The molecule has 0 aliphatic heterocycles. The lowest BCUT2D eigenvalue weighted by Crippen LogP contribution is -2.23. The van der Waals surface area contributed by atoms with Crippen LogP contribution in [-0.2, 0) is 6.42 Å². The SMILES string of the molecule is CC(C)(C)Oc1ccc(CCN=C(N)N)cc1. The first-order valence-corrected chi connectivity index (χ1v) is 5.70. The predicted molar refractivity (Wildman–Crippen MR) is 71.2 cm³/mol. The fourth-order valence-electron chi connectivity index (χ4n) is 1.39. The number of benzene rings is 1. The summed E-state index contributed by atoms with van der Waals surface area (Å²) in [7, 11) is 0. The molecule has 0 atom stereocenters. The van der Waals surface area contributed by atoms with Gasteiger partial charge in [-0.1, -0.05) is 12.1 Å². The maximum Gasteiger partial charge on any atom is 0.185 e. The topological polar surface area (TPSA) is 73.6 Å². The van der Waals surface area contributed by atoms with Crippen LogP contribution in [0.3, 0.4) is 0 Å². The minimum Gasteiger partial charge on any atom is -0.488 e. The van der Waals surface area contributed by atoms with Gasteiger partial charge in [-0.2, -0.15) is 0 Å². The first kappa shape index (κ1) is 13.4. The molecule has 4 nitrogen and oxygen atoms in total. The van der Waals surface area contributed by atoms with Gasteiger partial charge >= 0.3 is 0 Å². The van der Waals surface area contributed by atoms with Crippen molar-refractivity contribution in [2.75, 3.05) is 6.54 Å². The molecule has 0 aliphatic carbocycles. The Morgan fingerprint density at radius 2 is 1.76 bits per heavy atom. The van der Waals surface area contributed by atoms with Crippen LogP contribution < -0.4 is 16.2 Å². The Morgan fingerprint density at radius 3 is 2.24 bits per heavy atom. The number of guanidine groups is 1. The van der Waals surface area contributed by atoms with Crippen molar-refractivity contribution in [3.05, 3.63) is 29.8 Å². The van der Waals surface area contributed by atoms with E-state index in [9.17, 15) is 0 Å². The zero-order valence-corrected chi connectivity index (χ0v) is 10.7. The summed E-state index contributed by atoms with van der Waals surface area (Å²) in [6, 6.07) is 8.00. The van der Waals surface area contributed by atoms with E-state index in [1.807, 2.05) is 45.0 Å². The van der Waals surface area contributed by atoms with Crippen molar-refractivity contribution in [3.8, 4) is 5.75 Å². The molecule has 0 spiro atoms. The van der Waals surface area contributed by atoms with Gasteiger partial charge in [0.1, 0.15) is 11.4 Å². The lowest BCUT2D eigenvalue weighted by atomic mass is 10.1.